The van der Waals surface area contributed by atoms with E-state index in [1.54, 1.807) is 36.5 Å². The van der Waals surface area contributed by atoms with Crippen LogP contribution in [0.5, 0.6) is 23.0 Å². The van der Waals surface area contributed by atoms with Gasteiger partial charge in [-0.2, -0.15) is 13.2 Å². The summed E-state index contributed by atoms with van der Waals surface area (Å²) in [4.78, 5) is 15.9. The van der Waals surface area contributed by atoms with E-state index in [-0.39, 0.29) is 16.8 Å². The summed E-state index contributed by atoms with van der Waals surface area (Å²) in [7, 11) is 3.05. The number of halogens is 3. The molecule has 0 atom stereocenters. The molecule has 0 radical (unpaired) electrons. The Morgan fingerprint density at radius 1 is 0.914 bits per heavy atom. The summed E-state index contributed by atoms with van der Waals surface area (Å²) >= 11 is 0. The van der Waals surface area contributed by atoms with Crippen LogP contribution < -0.4 is 19.5 Å². The number of ether oxygens (including phenoxy) is 3. The SMILES string of the molecule is COc1cc2nccc(Oc3ccc(-c4c(NC(C)=O)cccc4C(F)(F)F)cc3)c2cc1OC. The van der Waals surface area contributed by atoms with Crippen LogP contribution in [0.25, 0.3) is 22.0 Å². The highest BCUT2D eigenvalue weighted by Gasteiger charge is 2.34. The van der Waals surface area contributed by atoms with Crippen LogP contribution in [0.1, 0.15) is 12.5 Å². The fourth-order valence-corrected chi connectivity index (χ4v) is 3.75. The lowest BCUT2D eigenvalue weighted by atomic mass is 9.97. The summed E-state index contributed by atoms with van der Waals surface area (Å²) in [6, 6.07) is 15.0. The summed E-state index contributed by atoms with van der Waals surface area (Å²) in [5.74, 6) is 1.44. The molecule has 3 aromatic carbocycles. The van der Waals surface area contributed by atoms with E-state index in [1.807, 2.05) is 0 Å². The predicted octanol–water partition coefficient (Wildman–Crippen LogP) is 6.69. The van der Waals surface area contributed by atoms with Crippen molar-refractivity contribution in [2.45, 2.75) is 13.1 Å². The van der Waals surface area contributed by atoms with Crippen LogP contribution in [0.2, 0.25) is 0 Å². The lowest BCUT2D eigenvalue weighted by Crippen LogP contribution is -2.12. The maximum Gasteiger partial charge on any atom is 0.417 e. The lowest BCUT2D eigenvalue weighted by molar-refractivity contribution is -0.137. The van der Waals surface area contributed by atoms with Gasteiger partial charge in [0.1, 0.15) is 11.5 Å². The molecule has 4 rings (SSSR count). The van der Waals surface area contributed by atoms with Gasteiger partial charge >= 0.3 is 6.18 Å². The van der Waals surface area contributed by atoms with Crippen molar-refractivity contribution in [3.05, 3.63) is 72.4 Å². The van der Waals surface area contributed by atoms with Crippen LogP contribution in [0.15, 0.2) is 66.9 Å². The fourth-order valence-electron chi connectivity index (χ4n) is 3.75. The largest absolute Gasteiger partial charge is 0.493 e. The lowest BCUT2D eigenvalue weighted by Gasteiger charge is -2.18. The normalized spacial score (nSPS) is 11.3. The zero-order valence-corrected chi connectivity index (χ0v) is 19.1. The molecule has 0 saturated heterocycles. The zero-order valence-electron chi connectivity index (χ0n) is 19.1. The summed E-state index contributed by atoms with van der Waals surface area (Å²) in [6.45, 7) is 1.24. The van der Waals surface area contributed by atoms with Crippen LogP contribution in [0.3, 0.4) is 0 Å². The number of benzene rings is 3. The number of nitrogens with one attached hydrogen (secondary N) is 1. The minimum Gasteiger partial charge on any atom is -0.493 e. The third-order valence-corrected chi connectivity index (χ3v) is 5.26. The molecular weight excluding hydrogens is 461 g/mol. The Bertz CT molecular complexity index is 1390. The molecule has 0 aliphatic carbocycles. The van der Waals surface area contributed by atoms with Crippen molar-refractivity contribution in [2.24, 2.45) is 0 Å². The highest BCUT2D eigenvalue weighted by Crippen LogP contribution is 2.42. The standard InChI is InChI=1S/C26H21F3N2O4/c1-15(32)31-20-6-4-5-19(26(27,28)29)25(20)16-7-9-17(10-8-16)35-22-11-12-30-21-14-24(34-3)23(33-2)13-18(21)22/h4-14H,1-3H3,(H,31,32). The molecule has 0 aliphatic heterocycles. The second-order valence-electron chi connectivity index (χ2n) is 7.57. The number of nitrogens with zero attached hydrogens (tertiary/aromatic N) is 1. The topological polar surface area (TPSA) is 69.7 Å². The first-order chi connectivity index (χ1) is 16.7. The molecule has 6 nitrogen and oxygen atoms in total. The highest BCUT2D eigenvalue weighted by molar-refractivity contribution is 5.95. The number of hydrogen-bond acceptors (Lipinski definition) is 5. The first kappa shape index (κ1) is 23.9. The van der Waals surface area contributed by atoms with Gasteiger partial charge in [0, 0.05) is 35.8 Å². The van der Waals surface area contributed by atoms with Gasteiger partial charge in [0.25, 0.3) is 0 Å². The number of aromatic nitrogens is 1. The summed E-state index contributed by atoms with van der Waals surface area (Å²) in [5, 5.41) is 3.15. The average Bonchev–Trinajstić information content (AvgIpc) is 2.83. The molecule has 0 aliphatic rings. The van der Waals surface area contributed by atoms with Gasteiger partial charge in [-0.25, -0.2) is 0 Å². The van der Waals surface area contributed by atoms with Crippen LogP contribution in [0, 0.1) is 0 Å². The fraction of sp³-hybridized carbons (Fsp3) is 0.154. The van der Waals surface area contributed by atoms with Gasteiger partial charge in [0.15, 0.2) is 11.5 Å². The van der Waals surface area contributed by atoms with Gasteiger partial charge in [0.05, 0.1) is 25.3 Å². The Balaban J connectivity index is 1.72. The van der Waals surface area contributed by atoms with Crippen LogP contribution in [0.4, 0.5) is 18.9 Å². The first-order valence-electron chi connectivity index (χ1n) is 10.5. The number of hydrogen-bond donors (Lipinski definition) is 1. The van der Waals surface area contributed by atoms with Gasteiger partial charge in [-0.3, -0.25) is 9.78 Å². The van der Waals surface area contributed by atoms with Gasteiger partial charge < -0.3 is 19.5 Å². The maximum absolute atomic E-state index is 13.7. The van der Waals surface area contributed by atoms with Gasteiger partial charge in [-0.15, -0.1) is 0 Å². The number of anilines is 1. The molecule has 0 fully saturated rings. The van der Waals surface area contributed by atoms with E-state index in [4.69, 9.17) is 14.2 Å². The van der Waals surface area contributed by atoms with Crippen molar-refractivity contribution in [1.82, 2.24) is 4.98 Å². The third-order valence-electron chi connectivity index (χ3n) is 5.26. The molecule has 9 heteroatoms. The number of carbonyl (C=O) groups is 1. The molecule has 35 heavy (non-hydrogen) atoms. The van der Waals surface area contributed by atoms with E-state index in [2.05, 4.69) is 10.3 Å². The Morgan fingerprint density at radius 2 is 1.60 bits per heavy atom. The molecule has 0 unspecified atom stereocenters. The van der Waals surface area contributed by atoms with Crippen molar-refractivity contribution < 1.29 is 32.2 Å². The van der Waals surface area contributed by atoms with Gasteiger partial charge in [-0.1, -0.05) is 18.2 Å². The number of amides is 1. The number of fused-ring (bicyclic) bond motifs is 1. The number of carbonyl (C=O) groups excluding carboxylic acids is 1. The number of rotatable bonds is 6. The number of alkyl halides is 3. The maximum atomic E-state index is 13.7. The Kier molecular flexibility index (Phi) is 6.50. The van der Waals surface area contributed by atoms with Crippen molar-refractivity contribution in [2.75, 3.05) is 19.5 Å². The molecule has 4 aromatic rings. The summed E-state index contributed by atoms with van der Waals surface area (Å²) in [6.07, 6.45) is -3.02. The quantitative estimate of drug-likeness (QED) is 0.332. The molecule has 1 N–H and O–H groups in total. The minimum atomic E-state index is -4.60. The van der Waals surface area contributed by atoms with Crippen molar-refractivity contribution >= 4 is 22.5 Å². The van der Waals surface area contributed by atoms with E-state index in [1.165, 1.54) is 45.4 Å². The summed E-state index contributed by atoms with van der Waals surface area (Å²) < 4.78 is 57.9. The second-order valence-corrected chi connectivity index (χ2v) is 7.57. The van der Waals surface area contributed by atoms with E-state index in [0.717, 1.165) is 6.07 Å². The zero-order chi connectivity index (χ0) is 25.2. The van der Waals surface area contributed by atoms with Crippen LogP contribution in [-0.2, 0) is 11.0 Å². The molecule has 0 bridgehead atoms. The number of methoxy groups -OCH3 is 2. The smallest absolute Gasteiger partial charge is 0.417 e. The van der Waals surface area contributed by atoms with E-state index < -0.39 is 17.6 Å². The second kappa shape index (κ2) is 9.54. The van der Waals surface area contributed by atoms with E-state index in [0.29, 0.717) is 33.9 Å². The van der Waals surface area contributed by atoms with Crippen molar-refractivity contribution in [1.29, 1.82) is 0 Å². The van der Waals surface area contributed by atoms with Crippen LogP contribution >= 0.6 is 0 Å². The Hall–Kier alpha value is -4.27. The first-order valence-corrected chi connectivity index (χ1v) is 10.5. The monoisotopic (exact) mass is 482 g/mol. The van der Waals surface area contributed by atoms with Gasteiger partial charge in [-0.05, 0) is 42.0 Å². The van der Waals surface area contributed by atoms with E-state index >= 15 is 0 Å². The van der Waals surface area contributed by atoms with Crippen molar-refractivity contribution in [3.63, 3.8) is 0 Å². The third kappa shape index (κ3) is 4.98. The molecular formula is C26H21F3N2O4. The minimum absolute atomic E-state index is 0.0714. The molecule has 0 spiro atoms. The molecule has 1 aromatic heterocycles. The van der Waals surface area contributed by atoms with Crippen molar-refractivity contribution in [3.8, 4) is 34.1 Å². The van der Waals surface area contributed by atoms with Crippen LogP contribution in [-0.4, -0.2) is 25.1 Å². The molecule has 1 heterocycles. The number of pyridine rings is 1. The average molecular weight is 482 g/mol. The van der Waals surface area contributed by atoms with Gasteiger partial charge in [0.2, 0.25) is 5.91 Å². The Morgan fingerprint density at radius 3 is 2.23 bits per heavy atom. The van der Waals surface area contributed by atoms with E-state index in [9.17, 15) is 18.0 Å². The Labute approximate surface area is 199 Å². The summed E-state index contributed by atoms with van der Waals surface area (Å²) in [5.41, 5.74) is 0.00420. The predicted molar refractivity (Wildman–Crippen MR) is 126 cm³/mol. The molecule has 1 amide bonds. The highest BCUT2D eigenvalue weighted by atomic mass is 19.4. The molecule has 180 valence electrons. The molecule has 0 saturated carbocycles.